The van der Waals surface area contributed by atoms with E-state index in [4.69, 9.17) is 21.1 Å². The van der Waals surface area contributed by atoms with Crippen molar-refractivity contribution in [3.63, 3.8) is 0 Å². The van der Waals surface area contributed by atoms with Gasteiger partial charge in [-0.05, 0) is 62.8 Å². The number of isothiocyanates is 1. The maximum atomic E-state index is 13.6. The van der Waals surface area contributed by atoms with Gasteiger partial charge in [0.2, 0.25) is 0 Å². The van der Waals surface area contributed by atoms with Crippen LogP contribution < -0.4 is 4.74 Å². The van der Waals surface area contributed by atoms with Gasteiger partial charge in [-0.2, -0.15) is 18.2 Å². The third kappa shape index (κ3) is 6.47. The molecule has 33 heavy (non-hydrogen) atoms. The first kappa shape index (κ1) is 25.0. The summed E-state index contributed by atoms with van der Waals surface area (Å²) in [5.41, 5.74) is -1.34. The van der Waals surface area contributed by atoms with E-state index in [1.54, 1.807) is 17.0 Å². The lowest BCUT2D eigenvalue weighted by atomic mass is 9.98. The van der Waals surface area contributed by atoms with Crippen molar-refractivity contribution in [2.24, 2.45) is 10.9 Å². The van der Waals surface area contributed by atoms with Gasteiger partial charge < -0.3 is 14.4 Å². The van der Waals surface area contributed by atoms with E-state index in [0.717, 1.165) is 6.07 Å². The number of hydrogen-bond donors (Lipinski definition) is 0. The van der Waals surface area contributed by atoms with E-state index >= 15 is 0 Å². The zero-order chi connectivity index (χ0) is 24.4. The van der Waals surface area contributed by atoms with E-state index in [2.05, 4.69) is 17.2 Å². The van der Waals surface area contributed by atoms with Crippen LogP contribution in [0.3, 0.4) is 0 Å². The second-order valence-electron chi connectivity index (χ2n) is 8.64. The molecule has 0 N–H and O–H groups in total. The maximum Gasteiger partial charge on any atom is 0.417 e. The van der Waals surface area contributed by atoms with Gasteiger partial charge in [-0.25, -0.2) is 4.79 Å². The van der Waals surface area contributed by atoms with Crippen molar-refractivity contribution in [3.8, 4) is 16.9 Å². The van der Waals surface area contributed by atoms with Crippen LogP contribution in [0, 0.1) is 5.92 Å². The first-order chi connectivity index (χ1) is 15.4. The number of thiocarbonyl (C=S) groups is 1. The molecular weight excluding hydrogens is 477 g/mol. The molecule has 10 heteroatoms. The van der Waals surface area contributed by atoms with Crippen LogP contribution in [0.4, 0.5) is 23.7 Å². The predicted octanol–water partition coefficient (Wildman–Crippen LogP) is 7.01. The number of alkyl halides is 3. The predicted molar refractivity (Wildman–Crippen MR) is 123 cm³/mol. The lowest BCUT2D eigenvalue weighted by molar-refractivity contribution is -0.137. The van der Waals surface area contributed by atoms with Gasteiger partial charge in [0.05, 0.1) is 28.0 Å². The third-order valence-corrected chi connectivity index (χ3v) is 5.18. The van der Waals surface area contributed by atoms with Gasteiger partial charge in [0.15, 0.2) is 0 Å². The molecule has 1 aliphatic rings. The van der Waals surface area contributed by atoms with Crippen molar-refractivity contribution in [3.05, 3.63) is 47.0 Å². The van der Waals surface area contributed by atoms with Gasteiger partial charge in [0.1, 0.15) is 11.4 Å². The number of carbonyl (C=O) groups is 1. The van der Waals surface area contributed by atoms with Crippen molar-refractivity contribution >= 4 is 40.8 Å². The molecule has 1 aliphatic heterocycles. The van der Waals surface area contributed by atoms with E-state index in [-0.39, 0.29) is 33.8 Å². The van der Waals surface area contributed by atoms with Crippen LogP contribution in [0.1, 0.15) is 26.3 Å². The maximum absolute atomic E-state index is 13.6. The van der Waals surface area contributed by atoms with Crippen LogP contribution in [0.5, 0.6) is 5.75 Å². The summed E-state index contributed by atoms with van der Waals surface area (Å²) in [4.78, 5) is 17.2. The van der Waals surface area contributed by atoms with E-state index in [1.807, 2.05) is 25.9 Å². The van der Waals surface area contributed by atoms with Crippen LogP contribution in [-0.2, 0) is 10.9 Å². The number of nitrogens with zero attached hydrogens (tertiary/aromatic N) is 2. The van der Waals surface area contributed by atoms with Gasteiger partial charge in [0, 0.05) is 24.6 Å². The molecular formula is C23H22ClF3N2O3S. The number of amides is 1. The minimum absolute atomic E-state index is 0.0213. The Hall–Kier alpha value is -2.61. The molecule has 0 aliphatic carbocycles. The van der Waals surface area contributed by atoms with Crippen LogP contribution in [0.2, 0.25) is 5.02 Å². The molecule has 0 unspecified atom stereocenters. The van der Waals surface area contributed by atoms with E-state index in [1.165, 1.54) is 18.2 Å². The molecule has 176 valence electrons. The lowest BCUT2D eigenvalue weighted by Crippen LogP contribution is -2.53. The molecule has 5 nitrogen and oxygen atoms in total. The molecule has 0 saturated carbocycles. The summed E-state index contributed by atoms with van der Waals surface area (Å²) >= 11 is 10.6. The van der Waals surface area contributed by atoms with Crippen molar-refractivity contribution < 1.29 is 27.4 Å². The monoisotopic (exact) mass is 498 g/mol. The van der Waals surface area contributed by atoms with Gasteiger partial charge in [-0.1, -0.05) is 23.7 Å². The molecule has 1 heterocycles. The molecule has 1 fully saturated rings. The van der Waals surface area contributed by atoms with Crippen LogP contribution in [-0.4, -0.2) is 41.5 Å². The number of benzene rings is 2. The Labute approximate surface area is 200 Å². The Morgan fingerprint density at radius 2 is 1.85 bits per heavy atom. The molecule has 2 aromatic carbocycles. The zero-order valence-electron chi connectivity index (χ0n) is 18.2. The van der Waals surface area contributed by atoms with Gasteiger partial charge in [-0.3, -0.25) is 0 Å². The second kappa shape index (κ2) is 9.71. The van der Waals surface area contributed by atoms with E-state index in [0.29, 0.717) is 25.4 Å². The summed E-state index contributed by atoms with van der Waals surface area (Å²) in [6.45, 7) is 6.84. The number of likely N-dealkylation sites (tertiary alicyclic amines) is 1. The molecule has 0 atom stereocenters. The fourth-order valence-electron chi connectivity index (χ4n) is 3.31. The fraction of sp³-hybridized carbons (Fsp3) is 0.391. The number of ether oxygens (including phenoxy) is 2. The molecule has 1 amide bonds. The number of rotatable bonds is 5. The minimum atomic E-state index is -4.63. The quantitative estimate of drug-likeness (QED) is 0.329. The van der Waals surface area contributed by atoms with Crippen LogP contribution >= 0.6 is 23.8 Å². The topological polar surface area (TPSA) is 51.1 Å². The van der Waals surface area contributed by atoms with Crippen molar-refractivity contribution in [2.45, 2.75) is 32.5 Å². The Morgan fingerprint density at radius 1 is 1.21 bits per heavy atom. The summed E-state index contributed by atoms with van der Waals surface area (Å²) in [6.07, 6.45) is -4.99. The van der Waals surface area contributed by atoms with Crippen LogP contribution in [0.15, 0.2) is 41.4 Å². The van der Waals surface area contributed by atoms with Crippen LogP contribution in [0.25, 0.3) is 11.1 Å². The fourth-order valence-corrected chi connectivity index (χ4v) is 3.74. The molecule has 0 spiro atoms. The highest BCUT2D eigenvalue weighted by molar-refractivity contribution is 7.78. The molecule has 1 saturated heterocycles. The van der Waals surface area contributed by atoms with Crippen molar-refractivity contribution in [2.75, 3.05) is 19.7 Å². The Kier molecular flexibility index (Phi) is 7.36. The standard InChI is InChI=1S/C23H22ClF3N2O3S/c1-22(2,3)32-21(30)29-10-14(11-29)12-31-17-6-4-15(5-7-17)20-18(23(25,26)27)8-16(28-13-33)9-19(20)24/h4-9,14H,10-12H2,1-3H3. The highest BCUT2D eigenvalue weighted by Gasteiger charge is 2.36. The Balaban J connectivity index is 1.66. The van der Waals surface area contributed by atoms with Gasteiger partial charge >= 0.3 is 12.3 Å². The van der Waals surface area contributed by atoms with Crippen molar-refractivity contribution in [1.29, 1.82) is 0 Å². The molecule has 0 radical (unpaired) electrons. The number of carbonyl (C=O) groups excluding carboxylic acids is 1. The van der Waals surface area contributed by atoms with E-state index < -0.39 is 17.3 Å². The summed E-state index contributed by atoms with van der Waals surface area (Å²) in [5, 5.41) is 1.95. The summed E-state index contributed by atoms with van der Waals surface area (Å²) in [7, 11) is 0. The summed E-state index contributed by atoms with van der Waals surface area (Å²) < 4.78 is 52.0. The average molecular weight is 499 g/mol. The molecule has 3 rings (SSSR count). The molecule has 0 bridgehead atoms. The smallest absolute Gasteiger partial charge is 0.417 e. The molecule has 0 aromatic heterocycles. The van der Waals surface area contributed by atoms with E-state index in [9.17, 15) is 18.0 Å². The summed E-state index contributed by atoms with van der Waals surface area (Å²) in [5.74, 6) is 0.652. The average Bonchev–Trinajstić information content (AvgIpc) is 2.65. The highest BCUT2D eigenvalue weighted by Crippen LogP contribution is 2.43. The van der Waals surface area contributed by atoms with Crippen molar-refractivity contribution in [1.82, 2.24) is 4.90 Å². The largest absolute Gasteiger partial charge is 0.493 e. The first-order valence-electron chi connectivity index (χ1n) is 10.1. The highest BCUT2D eigenvalue weighted by atomic mass is 35.5. The first-order valence-corrected chi connectivity index (χ1v) is 10.9. The molecule has 2 aromatic rings. The third-order valence-electron chi connectivity index (χ3n) is 4.79. The second-order valence-corrected chi connectivity index (χ2v) is 9.23. The SMILES string of the molecule is CC(C)(C)OC(=O)N1CC(COc2ccc(-c3c(Cl)cc(N=C=S)cc3C(F)(F)F)cc2)C1. The normalized spacial score (nSPS) is 14.3. The minimum Gasteiger partial charge on any atom is -0.493 e. The number of halogens is 4. The Bertz CT molecular complexity index is 1070. The summed E-state index contributed by atoms with van der Waals surface area (Å²) in [6, 6.07) is 8.39. The number of hydrogen-bond acceptors (Lipinski definition) is 5. The van der Waals surface area contributed by atoms with Gasteiger partial charge in [-0.15, -0.1) is 0 Å². The number of aliphatic imine (C=N–C) groups is 1. The zero-order valence-corrected chi connectivity index (χ0v) is 19.8. The van der Waals surface area contributed by atoms with Gasteiger partial charge in [0.25, 0.3) is 0 Å². The lowest BCUT2D eigenvalue weighted by Gasteiger charge is -2.39. The Morgan fingerprint density at radius 3 is 2.39 bits per heavy atom.